The highest BCUT2D eigenvalue weighted by Crippen LogP contribution is 2.22. The van der Waals surface area contributed by atoms with Crippen LogP contribution in [0.1, 0.15) is 10.5 Å². The third-order valence-corrected chi connectivity index (χ3v) is 3.83. The molecule has 0 fully saturated rings. The Labute approximate surface area is 143 Å². The first-order valence-corrected chi connectivity index (χ1v) is 7.71. The van der Waals surface area contributed by atoms with Crippen LogP contribution in [0.25, 0.3) is 22.6 Å². The summed E-state index contributed by atoms with van der Waals surface area (Å²) in [5, 5.41) is 18.3. The van der Waals surface area contributed by atoms with Crippen LogP contribution in [0.2, 0.25) is 0 Å². The van der Waals surface area contributed by atoms with E-state index in [4.69, 9.17) is 0 Å². The molecule has 0 atom stereocenters. The van der Waals surface area contributed by atoms with Crippen molar-refractivity contribution in [1.29, 1.82) is 0 Å². The molecule has 6 heteroatoms. The van der Waals surface area contributed by atoms with Crippen LogP contribution in [0.5, 0.6) is 0 Å². The van der Waals surface area contributed by atoms with Crippen molar-refractivity contribution >= 4 is 5.97 Å². The Morgan fingerprint density at radius 1 is 0.920 bits per heavy atom. The van der Waals surface area contributed by atoms with Crippen LogP contribution >= 0.6 is 0 Å². The molecule has 0 radical (unpaired) electrons. The lowest BCUT2D eigenvalue weighted by molar-refractivity contribution is 0.0687. The number of aromatic carboxylic acids is 1. The fourth-order valence-corrected chi connectivity index (χ4v) is 2.62. The summed E-state index contributed by atoms with van der Waals surface area (Å²) in [6.07, 6.45) is 3.51. The summed E-state index contributed by atoms with van der Waals surface area (Å²) in [6, 6.07) is 20.4. The van der Waals surface area contributed by atoms with Crippen LogP contribution in [0.15, 0.2) is 79.1 Å². The van der Waals surface area contributed by atoms with Gasteiger partial charge in [-0.15, -0.1) is 0 Å². The van der Waals surface area contributed by atoms with Crippen LogP contribution in [0.4, 0.5) is 0 Å². The van der Waals surface area contributed by atoms with Gasteiger partial charge in [0.15, 0.2) is 5.69 Å². The van der Waals surface area contributed by atoms with E-state index in [0.29, 0.717) is 11.4 Å². The molecule has 6 nitrogen and oxygen atoms in total. The number of carboxylic acids is 1. The van der Waals surface area contributed by atoms with Gasteiger partial charge in [0.05, 0.1) is 23.3 Å². The molecule has 0 aliphatic carbocycles. The Hall–Kier alpha value is -3.67. The van der Waals surface area contributed by atoms with E-state index in [1.165, 1.54) is 4.68 Å². The van der Waals surface area contributed by atoms with Crippen molar-refractivity contribution in [3.63, 3.8) is 0 Å². The maximum Gasteiger partial charge on any atom is 0.354 e. The van der Waals surface area contributed by atoms with Crippen LogP contribution in [-0.4, -0.2) is 30.6 Å². The molecule has 4 aromatic rings. The van der Waals surface area contributed by atoms with Gasteiger partial charge >= 0.3 is 5.97 Å². The van der Waals surface area contributed by atoms with Gasteiger partial charge in [0.2, 0.25) is 0 Å². The average molecular weight is 330 g/mol. The van der Waals surface area contributed by atoms with E-state index in [2.05, 4.69) is 10.2 Å². The Morgan fingerprint density at radius 2 is 1.56 bits per heavy atom. The summed E-state index contributed by atoms with van der Waals surface area (Å²) in [6.45, 7) is 0. The van der Waals surface area contributed by atoms with Gasteiger partial charge in [-0.25, -0.2) is 14.2 Å². The first-order valence-electron chi connectivity index (χ1n) is 7.71. The van der Waals surface area contributed by atoms with Gasteiger partial charge in [-0.05, 0) is 30.3 Å². The zero-order valence-corrected chi connectivity index (χ0v) is 13.1. The van der Waals surface area contributed by atoms with E-state index in [1.54, 1.807) is 16.9 Å². The van der Waals surface area contributed by atoms with Gasteiger partial charge in [-0.2, -0.15) is 10.2 Å². The molecule has 0 aliphatic rings. The van der Waals surface area contributed by atoms with Crippen molar-refractivity contribution in [1.82, 2.24) is 19.6 Å². The SMILES string of the molecule is O=C(O)c1cc(-c2cnn(-c3ccccc3)c2)nn1-c1ccccc1. The molecule has 2 aromatic heterocycles. The smallest absolute Gasteiger partial charge is 0.354 e. The molecule has 25 heavy (non-hydrogen) atoms. The number of aromatic nitrogens is 4. The first kappa shape index (κ1) is 14.9. The highest BCUT2D eigenvalue weighted by Gasteiger charge is 2.17. The summed E-state index contributed by atoms with van der Waals surface area (Å²) in [5.41, 5.74) is 3.04. The molecule has 2 aromatic carbocycles. The van der Waals surface area contributed by atoms with Gasteiger partial charge in [-0.1, -0.05) is 36.4 Å². The van der Waals surface area contributed by atoms with Gasteiger partial charge in [0, 0.05) is 11.8 Å². The molecule has 0 unspecified atom stereocenters. The highest BCUT2D eigenvalue weighted by molar-refractivity contribution is 5.88. The lowest BCUT2D eigenvalue weighted by Crippen LogP contribution is -2.07. The Morgan fingerprint density at radius 3 is 2.20 bits per heavy atom. The highest BCUT2D eigenvalue weighted by atomic mass is 16.4. The fourth-order valence-electron chi connectivity index (χ4n) is 2.62. The van der Waals surface area contributed by atoms with E-state index in [1.807, 2.05) is 66.9 Å². The van der Waals surface area contributed by atoms with Crippen molar-refractivity contribution in [2.24, 2.45) is 0 Å². The van der Waals surface area contributed by atoms with Crippen molar-refractivity contribution < 1.29 is 9.90 Å². The first-order chi connectivity index (χ1) is 12.2. The van der Waals surface area contributed by atoms with Crippen LogP contribution in [0, 0.1) is 0 Å². The number of benzene rings is 2. The molecule has 4 rings (SSSR count). The molecule has 0 saturated heterocycles. The third-order valence-electron chi connectivity index (χ3n) is 3.83. The molecule has 0 spiro atoms. The monoisotopic (exact) mass is 330 g/mol. The predicted octanol–water partition coefficient (Wildman–Crippen LogP) is 3.42. The van der Waals surface area contributed by atoms with Crippen LogP contribution < -0.4 is 0 Å². The Bertz CT molecular complexity index is 1020. The molecule has 0 bridgehead atoms. The van der Waals surface area contributed by atoms with Gasteiger partial charge in [0.1, 0.15) is 0 Å². The fraction of sp³-hybridized carbons (Fsp3) is 0. The minimum absolute atomic E-state index is 0.105. The number of hydrogen-bond donors (Lipinski definition) is 1. The molecule has 0 saturated carbocycles. The van der Waals surface area contributed by atoms with Crippen molar-refractivity contribution in [3.05, 3.63) is 84.8 Å². The van der Waals surface area contributed by atoms with E-state index in [9.17, 15) is 9.90 Å². The van der Waals surface area contributed by atoms with E-state index in [-0.39, 0.29) is 5.69 Å². The molecule has 0 amide bonds. The number of nitrogens with zero attached hydrogens (tertiary/aromatic N) is 4. The summed E-state index contributed by atoms with van der Waals surface area (Å²) in [4.78, 5) is 11.6. The van der Waals surface area contributed by atoms with E-state index >= 15 is 0 Å². The maximum atomic E-state index is 11.6. The maximum absolute atomic E-state index is 11.6. The number of para-hydroxylation sites is 2. The summed E-state index contributed by atoms with van der Waals surface area (Å²) < 4.78 is 3.16. The Kier molecular flexibility index (Phi) is 3.63. The second kappa shape index (κ2) is 6.09. The summed E-state index contributed by atoms with van der Waals surface area (Å²) in [7, 11) is 0. The van der Waals surface area contributed by atoms with Crippen molar-refractivity contribution in [2.45, 2.75) is 0 Å². The lowest BCUT2D eigenvalue weighted by Gasteiger charge is -2.03. The minimum Gasteiger partial charge on any atom is -0.477 e. The molecule has 2 heterocycles. The molecule has 122 valence electrons. The molecular formula is C19H14N4O2. The largest absolute Gasteiger partial charge is 0.477 e. The zero-order chi connectivity index (χ0) is 17.2. The quantitative estimate of drug-likeness (QED) is 0.622. The second-order valence-corrected chi connectivity index (χ2v) is 5.48. The lowest BCUT2D eigenvalue weighted by atomic mass is 10.2. The molecular weight excluding hydrogens is 316 g/mol. The minimum atomic E-state index is -1.03. The standard InChI is InChI=1S/C19H14N4O2/c24-19(25)18-11-17(21-23(18)16-9-5-2-6-10-16)14-12-20-22(13-14)15-7-3-1-4-8-15/h1-13H,(H,24,25). The summed E-state index contributed by atoms with van der Waals surface area (Å²) in [5.74, 6) is -1.03. The molecule has 0 aliphatic heterocycles. The van der Waals surface area contributed by atoms with Crippen molar-refractivity contribution in [2.75, 3.05) is 0 Å². The van der Waals surface area contributed by atoms with Gasteiger partial charge in [0.25, 0.3) is 0 Å². The summed E-state index contributed by atoms with van der Waals surface area (Å²) >= 11 is 0. The third kappa shape index (κ3) is 2.81. The number of hydrogen-bond acceptors (Lipinski definition) is 3. The number of carbonyl (C=O) groups is 1. The van der Waals surface area contributed by atoms with Crippen LogP contribution in [0.3, 0.4) is 0 Å². The normalized spacial score (nSPS) is 10.7. The van der Waals surface area contributed by atoms with Gasteiger partial charge in [-0.3, -0.25) is 0 Å². The average Bonchev–Trinajstić information content (AvgIpc) is 3.30. The second-order valence-electron chi connectivity index (χ2n) is 5.48. The number of carboxylic acid groups (broad SMARTS) is 1. The number of rotatable bonds is 4. The van der Waals surface area contributed by atoms with E-state index < -0.39 is 5.97 Å². The topological polar surface area (TPSA) is 72.9 Å². The van der Waals surface area contributed by atoms with Gasteiger partial charge < -0.3 is 5.11 Å². The van der Waals surface area contributed by atoms with E-state index in [0.717, 1.165) is 11.3 Å². The molecule has 1 N–H and O–H groups in total. The van der Waals surface area contributed by atoms with Crippen molar-refractivity contribution in [3.8, 4) is 22.6 Å². The predicted molar refractivity (Wildman–Crippen MR) is 93.1 cm³/mol. The van der Waals surface area contributed by atoms with Crippen LogP contribution in [-0.2, 0) is 0 Å². The zero-order valence-electron chi connectivity index (χ0n) is 13.1. The Balaban J connectivity index is 1.77.